The average Bonchev–Trinajstić information content (AvgIpc) is 4.01. The Labute approximate surface area is 376 Å². The molecule has 65 heavy (non-hydrogen) atoms. The van der Waals surface area contributed by atoms with Crippen molar-refractivity contribution in [2.45, 2.75) is 5.41 Å². The molecule has 14 rings (SSSR count). The quantitative estimate of drug-likeness (QED) is 0.172. The molecule has 0 bridgehead atoms. The van der Waals surface area contributed by atoms with E-state index in [1.165, 1.54) is 82.7 Å². The van der Waals surface area contributed by atoms with Crippen LogP contribution in [0, 0.1) is 0 Å². The highest BCUT2D eigenvalue weighted by Gasteiger charge is 2.51. The lowest BCUT2D eigenvalue weighted by Gasteiger charge is -2.32. The highest BCUT2D eigenvalue weighted by Crippen LogP contribution is 2.63. The summed E-state index contributed by atoms with van der Waals surface area (Å²) in [6.07, 6.45) is 0. The molecule has 0 fully saturated rings. The van der Waals surface area contributed by atoms with Crippen molar-refractivity contribution in [1.29, 1.82) is 0 Å². The minimum atomic E-state index is -0.461. The molecule has 11 aromatic carbocycles. The molecule has 1 spiro atoms. The van der Waals surface area contributed by atoms with Crippen LogP contribution in [0.1, 0.15) is 22.3 Å². The molecule has 2 nitrogen and oxygen atoms in total. The molecule has 302 valence electrons. The molecule has 0 atom stereocenters. The molecule has 12 aromatic rings. The molecule has 2 heteroatoms. The molecule has 0 aliphatic heterocycles. The molecule has 0 amide bonds. The standard InChI is InChI=1S/C63H39NO/c1-2-14-43-37-45(30-27-40(43)13-1)48-20-11-15-42-28-29-44(38-55(42)48)41-31-33-46(34-32-41)64(60-25-12-21-54-53-19-6-10-26-61(53)65-62(54)60)47-35-36-52-51-18-5-9-24-58(51)63(59(52)39-47)56-22-7-3-16-49(56)50-17-4-8-23-57(50)63/h1-39H. The van der Waals surface area contributed by atoms with Gasteiger partial charge >= 0.3 is 0 Å². The number of hydrogen-bond acceptors (Lipinski definition) is 2. The molecule has 0 radical (unpaired) electrons. The first-order valence-electron chi connectivity index (χ1n) is 22.5. The van der Waals surface area contributed by atoms with E-state index in [0.29, 0.717) is 0 Å². The second-order valence-corrected chi connectivity index (χ2v) is 17.6. The predicted octanol–water partition coefficient (Wildman–Crippen LogP) is 17.0. The maximum atomic E-state index is 6.80. The summed E-state index contributed by atoms with van der Waals surface area (Å²) < 4.78 is 6.80. The molecule has 0 N–H and O–H groups in total. The van der Waals surface area contributed by atoms with E-state index in [9.17, 15) is 0 Å². The van der Waals surface area contributed by atoms with Crippen LogP contribution in [-0.4, -0.2) is 0 Å². The van der Waals surface area contributed by atoms with Gasteiger partial charge in [-0.05, 0) is 137 Å². The van der Waals surface area contributed by atoms with Gasteiger partial charge in [0.15, 0.2) is 5.58 Å². The first kappa shape index (κ1) is 36.1. The lowest BCUT2D eigenvalue weighted by atomic mass is 9.70. The van der Waals surface area contributed by atoms with Gasteiger partial charge in [0.05, 0.1) is 11.1 Å². The smallest absolute Gasteiger partial charge is 0.159 e. The Bertz CT molecular complexity index is 3850. The normalized spacial score (nSPS) is 13.0. The number of para-hydroxylation sites is 2. The van der Waals surface area contributed by atoms with Crippen LogP contribution >= 0.6 is 0 Å². The van der Waals surface area contributed by atoms with Gasteiger partial charge in [-0.25, -0.2) is 0 Å². The predicted molar refractivity (Wildman–Crippen MR) is 271 cm³/mol. The van der Waals surface area contributed by atoms with Crippen LogP contribution in [0.15, 0.2) is 241 Å². The van der Waals surface area contributed by atoms with Gasteiger partial charge in [-0.3, -0.25) is 0 Å². The van der Waals surface area contributed by atoms with Gasteiger partial charge in [-0.1, -0.05) is 188 Å². The topological polar surface area (TPSA) is 16.4 Å². The third-order valence-electron chi connectivity index (χ3n) is 14.3. The second-order valence-electron chi connectivity index (χ2n) is 17.6. The van der Waals surface area contributed by atoms with Crippen LogP contribution < -0.4 is 4.90 Å². The van der Waals surface area contributed by atoms with E-state index in [2.05, 4.69) is 235 Å². The molecule has 2 aliphatic carbocycles. The van der Waals surface area contributed by atoms with Crippen molar-refractivity contribution in [3.05, 3.63) is 259 Å². The maximum absolute atomic E-state index is 6.80. The van der Waals surface area contributed by atoms with Crippen LogP contribution in [0.3, 0.4) is 0 Å². The Morgan fingerprint density at radius 2 is 0.862 bits per heavy atom. The highest BCUT2D eigenvalue weighted by molar-refractivity contribution is 6.10. The highest BCUT2D eigenvalue weighted by atomic mass is 16.3. The monoisotopic (exact) mass is 825 g/mol. The number of fused-ring (bicyclic) bond motifs is 15. The van der Waals surface area contributed by atoms with Gasteiger partial charge in [-0.2, -0.15) is 0 Å². The Balaban J connectivity index is 0.953. The fourth-order valence-corrected chi connectivity index (χ4v) is 11.4. The number of benzene rings is 11. The third kappa shape index (κ3) is 5.17. The van der Waals surface area contributed by atoms with Crippen molar-refractivity contribution in [3.8, 4) is 44.5 Å². The van der Waals surface area contributed by atoms with Crippen molar-refractivity contribution >= 4 is 60.5 Å². The Morgan fingerprint density at radius 1 is 0.308 bits per heavy atom. The van der Waals surface area contributed by atoms with Gasteiger partial charge in [0.1, 0.15) is 5.58 Å². The Kier molecular flexibility index (Phi) is 7.64. The van der Waals surface area contributed by atoms with Crippen LogP contribution in [0.4, 0.5) is 17.1 Å². The molecule has 1 aromatic heterocycles. The first-order valence-corrected chi connectivity index (χ1v) is 22.5. The lowest BCUT2D eigenvalue weighted by molar-refractivity contribution is 0.669. The van der Waals surface area contributed by atoms with Gasteiger partial charge in [0.2, 0.25) is 0 Å². The number of furan rings is 1. The second kappa shape index (κ2) is 13.8. The largest absolute Gasteiger partial charge is 0.454 e. The van der Waals surface area contributed by atoms with Crippen molar-refractivity contribution < 1.29 is 4.42 Å². The molecule has 0 unspecified atom stereocenters. The van der Waals surface area contributed by atoms with E-state index in [-0.39, 0.29) is 0 Å². The summed E-state index contributed by atoms with van der Waals surface area (Å²) in [6.45, 7) is 0. The van der Waals surface area contributed by atoms with Gasteiger partial charge in [-0.15, -0.1) is 0 Å². The minimum absolute atomic E-state index is 0.461. The number of rotatable bonds is 5. The van der Waals surface area contributed by atoms with Crippen molar-refractivity contribution in [3.63, 3.8) is 0 Å². The number of nitrogens with zero attached hydrogens (tertiary/aromatic N) is 1. The third-order valence-corrected chi connectivity index (χ3v) is 14.3. The molecule has 1 heterocycles. The SMILES string of the molecule is c1ccc2c(c1)-c1ccccc1C21c2ccccc2-c2ccc(N(c3ccc(-c4ccc5cccc(-c6ccc7ccccc7c6)c5c4)cc3)c3cccc4c3oc3ccccc34)cc21. The summed E-state index contributed by atoms with van der Waals surface area (Å²) in [5.74, 6) is 0. The van der Waals surface area contributed by atoms with Crippen molar-refractivity contribution in [1.82, 2.24) is 0 Å². The molecule has 0 saturated heterocycles. The van der Waals surface area contributed by atoms with E-state index in [0.717, 1.165) is 44.6 Å². The van der Waals surface area contributed by atoms with E-state index in [4.69, 9.17) is 4.42 Å². The number of anilines is 3. The minimum Gasteiger partial charge on any atom is -0.454 e. The summed E-state index contributed by atoms with van der Waals surface area (Å²) in [4.78, 5) is 2.40. The Morgan fingerprint density at radius 3 is 1.63 bits per heavy atom. The fraction of sp³-hybridized carbons (Fsp3) is 0.0159. The van der Waals surface area contributed by atoms with Crippen LogP contribution in [0.2, 0.25) is 0 Å². The molecular weight excluding hydrogens is 787 g/mol. The summed E-state index contributed by atoms with van der Waals surface area (Å²) in [6, 6.07) is 87.0. The summed E-state index contributed by atoms with van der Waals surface area (Å²) in [5, 5.41) is 7.18. The van der Waals surface area contributed by atoms with E-state index < -0.39 is 5.41 Å². The van der Waals surface area contributed by atoms with Crippen LogP contribution in [0.25, 0.3) is 88.0 Å². The maximum Gasteiger partial charge on any atom is 0.159 e. The van der Waals surface area contributed by atoms with Gasteiger partial charge < -0.3 is 9.32 Å². The molecule has 0 saturated carbocycles. The fourth-order valence-electron chi connectivity index (χ4n) is 11.4. The molecule has 2 aliphatic rings. The first-order chi connectivity index (χ1) is 32.2. The summed E-state index contributed by atoms with van der Waals surface area (Å²) in [5.41, 5.74) is 19.7. The van der Waals surface area contributed by atoms with Crippen LogP contribution in [-0.2, 0) is 5.41 Å². The zero-order valence-electron chi connectivity index (χ0n) is 35.4. The summed E-state index contributed by atoms with van der Waals surface area (Å²) in [7, 11) is 0. The van der Waals surface area contributed by atoms with Gasteiger partial charge in [0.25, 0.3) is 0 Å². The lowest BCUT2D eigenvalue weighted by Crippen LogP contribution is -2.26. The van der Waals surface area contributed by atoms with E-state index in [1.807, 2.05) is 6.07 Å². The van der Waals surface area contributed by atoms with E-state index in [1.54, 1.807) is 0 Å². The van der Waals surface area contributed by atoms with E-state index >= 15 is 0 Å². The summed E-state index contributed by atoms with van der Waals surface area (Å²) >= 11 is 0. The zero-order chi connectivity index (χ0) is 42.6. The zero-order valence-corrected chi connectivity index (χ0v) is 35.4. The van der Waals surface area contributed by atoms with Crippen LogP contribution in [0.5, 0.6) is 0 Å². The van der Waals surface area contributed by atoms with Gasteiger partial charge in [0, 0.05) is 22.1 Å². The average molecular weight is 826 g/mol. The number of hydrogen-bond donors (Lipinski definition) is 0. The van der Waals surface area contributed by atoms with Crippen molar-refractivity contribution in [2.75, 3.05) is 4.90 Å². The molecular formula is C63H39NO. The van der Waals surface area contributed by atoms with Crippen molar-refractivity contribution in [2.24, 2.45) is 0 Å². The Hall–Kier alpha value is -8.46.